The molecule has 0 spiro atoms. The highest BCUT2D eigenvalue weighted by atomic mass is 16.6. The van der Waals surface area contributed by atoms with E-state index >= 15 is 0 Å². The molecule has 7 nitrogen and oxygen atoms in total. The van der Waals surface area contributed by atoms with Crippen molar-refractivity contribution in [3.8, 4) is 34.1 Å². The summed E-state index contributed by atoms with van der Waals surface area (Å²) < 4.78 is 28.2. The van der Waals surface area contributed by atoms with Crippen molar-refractivity contribution in [3.05, 3.63) is 72.3 Å². The number of unbranched alkanes of at least 4 members (excludes halogenated alkanes) is 12. The molecular weight excluding hydrogens is 604 g/mol. The second-order valence-corrected chi connectivity index (χ2v) is 12.3. The first-order chi connectivity index (χ1) is 23.4. The number of carbonyl (C=O) groups excluding carboxylic acids is 2. The standard InChI is InChI=1S/C41H56O7/c1-5-7-9-11-12-13-14-15-16-18-30-46-38-28-23-35(31-39(38)44-4)41(43)48-37-26-21-34(22-27-37)33-19-24-36(25-20-33)47-40(42)32(3)45-29-17-10-8-6-2/h19-28,31-32H,5-18,29-30H2,1-4H3/t32-/m0/s1. The average Bonchev–Trinajstić information content (AvgIpc) is 3.11. The first-order valence-electron chi connectivity index (χ1n) is 18.0. The predicted octanol–water partition coefficient (Wildman–Crippen LogP) is 10.8. The number of benzene rings is 3. The number of hydrogen-bond donors (Lipinski definition) is 0. The van der Waals surface area contributed by atoms with Crippen molar-refractivity contribution >= 4 is 11.9 Å². The Balaban J connectivity index is 1.42. The van der Waals surface area contributed by atoms with Crippen LogP contribution in [-0.2, 0) is 9.53 Å². The molecule has 0 fully saturated rings. The summed E-state index contributed by atoms with van der Waals surface area (Å²) in [6, 6.07) is 19.6. The number of hydrogen-bond acceptors (Lipinski definition) is 7. The van der Waals surface area contributed by atoms with Crippen molar-refractivity contribution in [1.29, 1.82) is 0 Å². The van der Waals surface area contributed by atoms with Crippen LogP contribution in [-0.4, -0.2) is 38.4 Å². The molecule has 3 rings (SSSR count). The highest BCUT2D eigenvalue weighted by molar-refractivity contribution is 5.92. The fourth-order valence-electron chi connectivity index (χ4n) is 5.34. The Labute approximate surface area is 288 Å². The molecule has 0 aromatic heterocycles. The van der Waals surface area contributed by atoms with E-state index < -0.39 is 18.0 Å². The van der Waals surface area contributed by atoms with Crippen molar-refractivity contribution in [3.63, 3.8) is 0 Å². The summed E-state index contributed by atoms with van der Waals surface area (Å²) in [6.07, 6.45) is 16.5. The van der Waals surface area contributed by atoms with Gasteiger partial charge in [-0.25, -0.2) is 9.59 Å². The lowest BCUT2D eigenvalue weighted by Gasteiger charge is -2.13. The van der Waals surface area contributed by atoms with Gasteiger partial charge in [0.25, 0.3) is 0 Å². The van der Waals surface area contributed by atoms with Crippen LogP contribution in [0, 0.1) is 0 Å². The van der Waals surface area contributed by atoms with Gasteiger partial charge >= 0.3 is 11.9 Å². The molecule has 0 saturated heterocycles. The topological polar surface area (TPSA) is 80.3 Å². The molecule has 0 aliphatic carbocycles. The van der Waals surface area contributed by atoms with E-state index in [2.05, 4.69) is 13.8 Å². The molecule has 0 unspecified atom stereocenters. The van der Waals surface area contributed by atoms with Gasteiger partial charge in [-0.2, -0.15) is 0 Å². The molecule has 0 aliphatic rings. The van der Waals surface area contributed by atoms with Gasteiger partial charge in [0.1, 0.15) is 11.5 Å². The van der Waals surface area contributed by atoms with Gasteiger partial charge in [0.05, 0.1) is 19.3 Å². The zero-order valence-corrected chi connectivity index (χ0v) is 29.6. The highest BCUT2D eigenvalue weighted by Gasteiger charge is 2.16. The average molecular weight is 661 g/mol. The van der Waals surface area contributed by atoms with Crippen LogP contribution in [0.3, 0.4) is 0 Å². The van der Waals surface area contributed by atoms with Gasteiger partial charge in [-0.1, -0.05) is 115 Å². The lowest BCUT2D eigenvalue weighted by atomic mass is 10.1. The van der Waals surface area contributed by atoms with Crippen LogP contribution in [0.25, 0.3) is 11.1 Å². The van der Waals surface area contributed by atoms with E-state index in [4.69, 9.17) is 23.7 Å². The maximum Gasteiger partial charge on any atom is 0.343 e. The highest BCUT2D eigenvalue weighted by Crippen LogP contribution is 2.30. The van der Waals surface area contributed by atoms with Gasteiger partial charge < -0.3 is 23.7 Å². The SMILES string of the molecule is CCCCCCCCCCCCOc1ccc(C(=O)Oc2ccc(-c3ccc(OC(=O)[C@H](C)OCCCCCC)cc3)cc2)cc1OC. The molecule has 3 aromatic carbocycles. The van der Waals surface area contributed by atoms with Gasteiger partial charge in [0.2, 0.25) is 0 Å². The van der Waals surface area contributed by atoms with Crippen molar-refractivity contribution < 1.29 is 33.3 Å². The van der Waals surface area contributed by atoms with Gasteiger partial charge in [-0.3, -0.25) is 0 Å². The second kappa shape index (κ2) is 22.7. The molecule has 48 heavy (non-hydrogen) atoms. The third-order valence-electron chi connectivity index (χ3n) is 8.32. The number of rotatable bonds is 24. The molecule has 0 bridgehead atoms. The molecule has 0 aliphatic heterocycles. The lowest BCUT2D eigenvalue weighted by Crippen LogP contribution is -2.26. The van der Waals surface area contributed by atoms with E-state index in [0.717, 1.165) is 43.2 Å². The molecule has 3 aromatic rings. The van der Waals surface area contributed by atoms with Crippen LogP contribution in [0.2, 0.25) is 0 Å². The van der Waals surface area contributed by atoms with Crippen LogP contribution < -0.4 is 18.9 Å². The van der Waals surface area contributed by atoms with E-state index in [1.165, 1.54) is 57.8 Å². The first-order valence-corrected chi connectivity index (χ1v) is 18.0. The largest absolute Gasteiger partial charge is 0.493 e. The minimum absolute atomic E-state index is 0.378. The molecule has 1 atom stereocenters. The quantitative estimate of drug-likeness (QED) is 0.0537. The lowest BCUT2D eigenvalue weighted by molar-refractivity contribution is -0.146. The molecule has 0 N–H and O–H groups in total. The third kappa shape index (κ3) is 14.1. The normalized spacial score (nSPS) is 11.6. The van der Waals surface area contributed by atoms with Crippen LogP contribution in [0.5, 0.6) is 23.0 Å². The number of ether oxygens (including phenoxy) is 5. The van der Waals surface area contributed by atoms with Crippen molar-refractivity contribution in [2.45, 2.75) is 117 Å². The Bertz CT molecular complexity index is 1330. The predicted molar refractivity (Wildman–Crippen MR) is 192 cm³/mol. The Morgan fingerprint density at radius 2 is 1.08 bits per heavy atom. The molecule has 0 saturated carbocycles. The maximum absolute atomic E-state index is 12.9. The molecule has 0 radical (unpaired) electrons. The molecular formula is C41H56O7. The summed E-state index contributed by atoms with van der Waals surface area (Å²) in [7, 11) is 1.57. The van der Waals surface area contributed by atoms with E-state index in [-0.39, 0.29) is 0 Å². The monoisotopic (exact) mass is 660 g/mol. The van der Waals surface area contributed by atoms with E-state index in [0.29, 0.717) is 41.8 Å². The number of methoxy groups -OCH3 is 1. The van der Waals surface area contributed by atoms with Gasteiger partial charge in [0, 0.05) is 6.61 Å². The van der Waals surface area contributed by atoms with Gasteiger partial charge in [-0.05, 0) is 73.4 Å². The van der Waals surface area contributed by atoms with E-state index in [9.17, 15) is 9.59 Å². The van der Waals surface area contributed by atoms with Crippen molar-refractivity contribution in [2.75, 3.05) is 20.3 Å². The van der Waals surface area contributed by atoms with Crippen LogP contribution in [0.4, 0.5) is 0 Å². The summed E-state index contributed by atoms with van der Waals surface area (Å²) in [6.45, 7) is 7.29. The summed E-state index contributed by atoms with van der Waals surface area (Å²) in [5.74, 6) is 1.13. The number of esters is 2. The number of carbonyl (C=O) groups is 2. The Kier molecular flexibility index (Phi) is 18.2. The first kappa shape index (κ1) is 38.6. The Hall–Kier alpha value is -3.84. The van der Waals surface area contributed by atoms with Crippen molar-refractivity contribution in [1.82, 2.24) is 0 Å². The van der Waals surface area contributed by atoms with Gasteiger partial charge in [-0.15, -0.1) is 0 Å². The molecule has 7 heteroatoms. The zero-order chi connectivity index (χ0) is 34.4. The minimum Gasteiger partial charge on any atom is -0.493 e. The van der Waals surface area contributed by atoms with Crippen LogP contribution in [0.15, 0.2) is 66.7 Å². The third-order valence-corrected chi connectivity index (χ3v) is 8.32. The molecule has 262 valence electrons. The van der Waals surface area contributed by atoms with E-state index in [1.54, 1.807) is 56.5 Å². The smallest absolute Gasteiger partial charge is 0.343 e. The van der Waals surface area contributed by atoms with Crippen LogP contribution >= 0.6 is 0 Å². The van der Waals surface area contributed by atoms with Crippen LogP contribution in [0.1, 0.15) is 121 Å². The fraction of sp³-hybridized carbons (Fsp3) is 0.512. The Morgan fingerprint density at radius 1 is 0.583 bits per heavy atom. The van der Waals surface area contributed by atoms with E-state index in [1.807, 2.05) is 24.3 Å². The Morgan fingerprint density at radius 3 is 1.65 bits per heavy atom. The van der Waals surface area contributed by atoms with Crippen molar-refractivity contribution in [2.24, 2.45) is 0 Å². The zero-order valence-electron chi connectivity index (χ0n) is 29.6. The summed E-state index contributed by atoms with van der Waals surface area (Å²) in [4.78, 5) is 25.3. The summed E-state index contributed by atoms with van der Waals surface area (Å²) in [5, 5.41) is 0. The minimum atomic E-state index is -0.617. The summed E-state index contributed by atoms with van der Waals surface area (Å²) >= 11 is 0. The molecule has 0 heterocycles. The summed E-state index contributed by atoms with van der Waals surface area (Å²) in [5.41, 5.74) is 2.25. The molecule has 0 amide bonds. The fourth-order valence-corrected chi connectivity index (χ4v) is 5.34. The van der Waals surface area contributed by atoms with Gasteiger partial charge in [0.15, 0.2) is 17.6 Å². The maximum atomic E-state index is 12.9. The second-order valence-electron chi connectivity index (χ2n) is 12.3.